The van der Waals surface area contributed by atoms with E-state index in [1.54, 1.807) is 0 Å². The third-order valence-electron chi connectivity index (χ3n) is 2.51. The van der Waals surface area contributed by atoms with Crippen LogP contribution in [0.4, 0.5) is 0 Å². The van der Waals surface area contributed by atoms with Crippen molar-refractivity contribution in [3.05, 3.63) is 0 Å². The largest absolute Gasteiger partial charge is 0.297 e. The third kappa shape index (κ3) is 0.951. The molecule has 2 aliphatic heterocycles. The highest BCUT2D eigenvalue weighted by Gasteiger charge is 2.32. The molecule has 0 saturated carbocycles. The molecule has 0 aromatic carbocycles. The third-order valence-corrected chi connectivity index (χ3v) is 2.51. The van der Waals surface area contributed by atoms with E-state index in [9.17, 15) is 0 Å². The van der Waals surface area contributed by atoms with Crippen molar-refractivity contribution >= 4 is 11.9 Å². The molecule has 0 fully saturated rings. The van der Waals surface area contributed by atoms with Crippen molar-refractivity contribution in [2.75, 3.05) is 13.6 Å². The Morgan fingerprint density at radius 1 is 1.64 bits per heavy atom. The maximum atomic E-state index is 4.39. The standard InChI is InChI=1S/C8H13N3/c1-6-7-5-9-4-3-8(7)11(2)10-6/h5,7-8H,3-4H2,1-2H3. The van der Waals surface area contributed by atoms with E-state index in [-0.39, 0.29) is 0 Å². The fourth-order valence-electron chi connectivity index (χ4n) is 1.87. The van der Waals surface area contributed by atoms with Gasteiger partial charge in [0.25, 0.3) is 0 Å². The van der Waals surface area contributed by atoms with Gasteiger partial charge in [-0.25, -0.2) is 0 Å². The molecule has 3 nitrogen and oxygen atoms in total. The Kier molecular flexibility index (Phi) is 1.44. The van der Waals surface area contributed by atoms with Crippen LogP contribution >= 0.6 is 0 Å². The molecule has 0 saturated heterocycles. The Balaban J connectivity index is 2.25. The molecule has 2 heterocycles. The first-order valence-electron chi connectivity index (χ1n) is 4.07. The second kappa shape index (κ2) is 2.32. The summed E-state index contributed by atoms with van der Waals surface area (Å²) >= 11 is 0. The second-order valence-corrected chi connectivity index (χ2v) is 3.25. The number of aliphatic imine (C=N–C) groups is 1. The quantitative estimate of drug-likeness (QED) is 0.502. The minimum absolute atomic E-state index is 0.494. The summed E-state index contributed by atoms with van der Waals surface area (Å²) in [6.07, 6.45) is 3.20. The molecule has 11 heavy (non-hydrogen) atoms. The van der Waals surface area contributed by atoms with Crippen molar-refractivity contribution in [3.63, 3.8) is 0 Å². The smallest absolute Gasteiger partial charge is 0.0615 e. The van der Waals surface area contributed by atoms with Gasteiger partial charge in [0.15, 0.2) is 0 Å². The molecule has 0 N–H and O–H groups in total. The Labute approximate surface area is 66.8 Å². The SMILES string of the molecule is CC1=NN(C)C2CCN=CC12. The van der Waals surface area contributed by atoms with Gasteiger partial charge in [0.05, 0.1) is 12.0 Å². The van der Waals surface area contributed by atoms with Crippen LogP contribution in [0.3, 0.4) is 0 Å². The molecular formula is C8H13N3. The molecule has 0 radical (unpaired) electrons. The van der Waals surface area contributed by atoms with Crippen molar-refractivity contribution in [1.82, 2.24) is 5.01 Å². The molecule has 2 aliphatic rings. The van der Waals surface area contributed by atoms with Gasteiger partial charge in [-0.15, -0.1) is 0 Å². The van der Waals surface area contributed by atoms with Crippen LogP contribution in [0.1, 0.15) is 13.3 Å². The van der Waals surface area contributed by atoms with E-state index in [0.29, 0.717) is 12.0 Å². The number of rotatable bonds is 0. The summed E-state index contributed by atoms with van der Waals surface area (Å²) in [5.74, 6) is 0.494. The maximum absolute atomic E-state index is 4.39. The van der Waals surface area contributed by atoms with Crippen molar-refractivity contribution in [1.29, 1.82) is 0 Å². The lowest BCUT2D eigenvalue weighted by atomic mass is 9.93. The topological polar surface area (TPSA) is 28.0 Å². The van der Waals surface area contributed by atoms with Crippen LogP contribution in [0.2, 0.25) is 0 Å². The minimum atomic E-state index is 0.494. The summed E-state index contributed by atoms with van der Waals surface area (Å²) in [6, 6.07) is 0.590. The zero-order valence-electron chi connectivity index (χ0n) is 6.99. The van der Waals surface area contributed by atoms with Gasteiger partial charge >= 0.3 is 0 Å². The lowest BCUT2D eigenvalue weighted by molar-refractivity contribution is 0.253. The van der Waals surface area contributed by atoms with E-state index in [4.69, 9.17) is 0 Å². The van der Waals surface area contributed by atoms with Gasteiger partial charge in [-0.05, 0) is 13.3 Å². The van der Waals surface area contributed by atoms with E-state index in [1.807, 2.05) is 7.05 Å². The molecule has 0 aliphatic carbocycles. The fraction of sp³-hybridized carbons (Fsp3) is 0.750. The first kappa shape index (κ1) is 6.83. The summed E-state index contributed by atoms with van der Waals surface area (Å²) in [5, 5.41) is 6.47. The Bertz CT molecular complexity index is 219. The molecule has 0 aromatic rings. The lowest BCUT2D eigenvalue weighted by Gasteiger charge is -2.24. The molecule has 2 unspecified atom stereocenters. The van der Waals surface area contributed by atoms with Crippen molar-refractivity contribution < 1.29 is 0 Å². The predicted octanol–water partition coefficient (Wildman–Crippen LogP) is 0.767. The summed E-state index contributed by atoms with van der Waals surface area (Å²) in [4.78, 5) is 4.27. The van der Waals surface area contributed by atoms with Crippen LogP contribution in [0.5, 0.6) is 0 Å². The molecule has 0 aromatic heterocycles. The van der Waals surface area contributed by atoms with E-state index >= 15 is 0 Å². The molecule has 2 rings (SSSR count). The van der Waals surface area contributed by atoms with Gasteiger partial charge < -0.3 is 0 Å². The van der Waals surface area contributed by atoms with E-state index in [2.05, 4.69) is 28.2 Å². The number of hydrazone groups is 1. The first-order valence-corrected chi connectivity index (χ1v) is 4.07. The van der Waals surface area contributed by atoms with Crippen molar-refractivity contribution in [2.24, 2.45) is 16.0 Å². The van der Waals surface area contributed by atoms with Crippen LogP contribution < -0.4 is 0 Å². The van der Waals surface area contributed by atoms with Crippen LogP contribution in [-0.4, -0.2) is 36.6 Å². The molecular weight excluding hydrogens is 138 g/mol. The summed E-state index contributed by atoms with van der Waals surface area (Å²) < 4.78 is 0. The van der Waals surface area contributed by atoms with Gasteiger partial charge in [0.2, 0.25) is 0 Å². The van der Waals surface area contributed by atoms with E-state index < -0.39 is 0 Å². The lowest BCUT2D eigenvalue weighted by Crippen LogP contribution is -2.34. The summed E-state index contributed by atoms with van der Waals surface area (Å²) in [6.45, 7) is 3.05. The number of hydrogen-bond donors (Lipinski definition) is 0. The van der Waals surface area contributed by atoms with Crippen LogP contribution in [0.25, 0.3) is 0 Å². The maximum Gasteiger partial charge on any atom is 0.0615 e. The minimum Gasteiger partial charge on any atom is -0.297 e. The highest BCUT2D eigenvalue weighted by Crippen LogP contribution is 2.24. The zero-order valence-corrected chi connectivity index (χ0v) is 6.99. The van der Waals surface area contributed by atoms with E-state index in [0.717, 1.165) is 13.0 Å². The molecule has 0 spiro atoms. The zero-order chi connectivity index (χ0) is 7.84. The molecule has 60 valence electrons. The molecule has 0 amide bonds. The van der Waals surface area contributed by atoms with Crippen LogP contribution in [-0.2, 0) is 0 Å². The fourth-order valence-corrected chi connectivity index (χ4v) is 1.87. The summed E-state index contributed by atoms with van der Waals surface area (Å²) in [5.41, 5.74) is 1.21. The molecule has 3 heteroatoms. The van der Waals surface area contributed by atoms with Gasteiger partial charge in [-0.2, -0.15) is 5.10 Å². The monoisotopic (exact) mass is 151 g/mol. The highest BCUT2D eigenvalue weighted by atomic mass is 15.5. The van der Waals surface area contributed by atoms with Gasteiger partial charge in [-0.1, -0.05) is 0 Å². The van der Waals surface area contributed by atoms with Crippen LogP contribution in [0.15, 0.2) is 10.1 Å². The van der Waals surface area contributed by atoms with Crippen molar-refractivity contribution in [3.8, 4) is 0 Å². The predicted molar refractivity (Wildman–Crippen MR) is 46.1 cm³/mol. The van der Waals surface area contributed by atoms with Gasteiger partial charge in [0.1, 0.15) is 0 Å². The number of fused-ring (bicyclic) bond motifs is 1. The Morgan fingerprint density at radius 2 is 2.45 bits per heavy atom. The normalized spacial score (nSPS) is 35.5. The number of nitrogens with zero attached hydrogens (tertiary/aromatic N) is 3. The summed E-state index contributed by atoms with van der Waals surface area (Å²) in [7, 11) is 2.05. The average Bonchev–Trinajstić information content (AvgIpc) is 2.30. The Morgan fingerprint density at radius 3 is 3.18 bits per heavy atom. The Hall–Kier alpha value is -0.860. The van der Waals surface area contributed by atoms with Crippen molar-refractivity contribution in [2.45, 2.75) is 19.4 Å². The second-order valence-electron chi connectivity index (χ2n) is 3.25. The van der Waals surface area contributed by atoms with E-state index in [1.165, 1.54) is 5.71 Å². The van der Waals surface area contributed by atoms with Gasteiger partial charge in [0, 0.05) is 25.5 Å². The molecule has 2 atom stereocenters. The molecule has 0 bridgehead atoms. The van der Waals surface area contributed by atoms with Gasteiger partial charge in [-0.3, -0.25) is 10.0 Å². The first-order chi connectivity index (χ1) is 5.29. The number of hydrogen-bond acceptors (Lipinski definition) is 3. The average molecular weight is 151 g/mol. The highest BCUT2D eigenvalue weighted by molar-refractivity contribution is 5.99. The van der Waals surface area contributed by atoms with Crippen LogP contribution in [0, 0.1) is 5.92 Å².